The van der Waals surface area contributed by atoms with Gasteiger partial charge in [0.2, 0.25) is 0 Å². The molecule has 1 amide bonds. The summed E-state index contributed by atoms with van der Waals surface area (Å²) in [6.07, 6.45) is 3.11. The molecule has 2 rings (SSSR count). The number of likely N-dealkylation sites (tertiary alicyclic amines) is 1. The van der Waals surface area contributed by atoms with Crippen LogP contribution < -0.4 is 0 Å². The summed E-state index contributed by atoms with van der Waals surface area (Å²) in [5.74, 6) is -0.104. The molecule has 0 saturated carbocycles. The summed E-state index contributed by atoms with van der Waals surface area (Å²) < 4.78 is 0. The van der Waals surface area contributed by atoms with E-state index in [1.165, 1.54) is 6.07 Å². The maximum atomic E-state index is 12.6. The van der Waals surface area contributed by atoms with Crippen LogP contribution in [0, 0.1) is 17.0 Å². The van der Waals surface area contributed by atoms with E-state index in [0.29, 0.717) is 11.1 Å². The molecule has 20 heavy (non-hydrogen) atoms. The smallest absolute Gasteiger partial charge is 0.273 e. The molecule has 1 aromatic carbocycles. The molecule has 0 bridgehead atoms. The Hall–Kier alpha value is -1.91. The normalized spacial score (nSPS) is 22.6. The highest BCUT2D eigenvalue weighted by Gasteiger charge is 2.30. The summed E-state index contributed by atoms with van der Waals surface area (Å²) in [6.45, 7) is 5.75. The van der Waals surface area contributed by atoms with E-state index in [1.54, 1.807) is 19.1 Å². The molecule has 1 saturated heterocycles. The molecule has 0 N–H and O–H groups in total. The predicted molar refractivity (Wildman–Crippen MR) is 76.8 cm³/mol. The number of hydrogen-bond acceptors (Lipinski definition) is 3. The molecular weight excluding hydrogens is 256 g/mol. The van der Waals surface area contributed by atoms with Crippen molar-refractivity contribution in [2.75, 3.05) is 0 Å². The van der Waals surface area contributed by atoms with Crippen molar-refractivity contribution in [1.82, 2.24) is 4.90 Å². The lowest BCUT2D eigenvalue weighted by atomic mass is 9.96. The molecule has 2 atom stereocenters. The number of nitro groups is 1. The molecule has 5 nitrogen and oxygen atoms in total. The zero-order valence-corrected chi connectivity index (χ0v) is 12.1. The Bertz CT molecular complexity index is 532. The Labute approximate surface area is 118 Å². The van der Waals surface area contributed by atoms with Crippen molar-refractivity contribution in [2.24, 2.45) is 0 Å². The van der Waals surface area contributed by atoms with Crippen LogP contribution in [0.3, 0.4) is 0 Å². The Kier molecular flexibility index (Phi) is 4.06. The van der Waals surface area contributed by atoms with Crippen LogP contribution in [0.4, 0.5) is 5.69 Å². The van der Waals surface area contributed by atoms with Crippen LogP contribution in [0.15, 0.2) is 18.2 Å². The lowest BCUT2D eigenvalue weighted by molar-refractivity contribution is -0.385. The van der Waals surface area contributed by atoms with Crippen LogP contribution in [-0.2, 0) is 0 Å². The highest BCUT2D eigenvalue weighted by molar-refractivity contribution is 5.95. The van der Waals surface area contributed by atoms with E-state index in [1.807, 2.05) is 18.7 Å². The summed E-state index contributed by atoms with van der Waals surface area (Å²) in [5, 5.41) is 11.0. The van der Waals surface area contributed by atoms with E-state index in [0.717, 1.165) is 19.3 Å². The van der Waals surface area contributed by atoms with E-state index in [-0.39, 0.29) is 23.7 Å². The molecule has 0 aromatic heterocycles. The minimum atomic E-state index is -0.435. The highest BCUT2D eigenvalue weighted by atomic mass is 16.6. The molecule has 0 unspecified atom stereocenters. The van der Waals surface area contributed by atoms with Crippen LogP contribution >= 0.6 is 0 Å². The molecule has 0 radical (unpaired) electrons. The molecule has 1 fully saturated rings. The van der Waals surface area contributed by atoms with Gasteiger partial charge in [0, 0.05) is 29.3 Å². The van der Waals surface area contributed by atoms with Crippen molar-refractivity contribution in [3.63, 3.8) is 0 Å². The lowest BCUT2D eigenvalue weighted by Crippen LogP contribution is -2.47. The minimum Gasteiger partial charge on any atom is -0.333 e. The second-order valence-corrected chi connectivity index (χ2v) is 5.60. The number of nitrogens with zero attached hydrogens (tertiary/aromatic N) is 2. The Morgan fingerprint density at radius 1 is 1.30 bits per heavy atom. The SMILES string of the molecule is Cc1ccc(C(=O)N2[C@@H](C)CCC[C@@H]2C)cc1[N+](=O)[O-]. The number of hydrogen-bond donors (Lipinski definition) is 0. The third kappa shape index (κ3) is 2.66. The molecule has 0 aliphatic carbocycles. The van der Waals surface area contributed by atoms with Crippen LogP contribution in [-0.4, -0.2) is 27.8 Å². The van der Waals surface area contributed by atoms with Crippen LogP contribution in [0.5, 0.6) is 0 Å². The zero-order chi connectivity index (χ0) is 14.9. The summed E-state index contributed by atoms with van der Waals surface area (Å²) >= 11 is 0. The molecule has 1 aromatic rings. The van der Waals surface area contributed by atoms with E-state index in [9.17, 15) is 14.9 Å². The Morgan fingerprint density at radius 3 is 2.45 bits per heavy atom. The van der Waals surface area contributed by atoms with Gasteiger partial charge in [-0.1, -0.05) is 6.07 Å². The second-order valence-electron chi connectivity index (χ2n) is 5.60. The first kappa shape index (κ1) is 14.5. The average molecular weight is 276 g/mol. The van der Waals surface area contributed by atoms with Crippen molar-refractivity contribution in [1.29, 1.82) is 0 Å². The fourth-order valence-corrected chi connectivity index (χ4v) is 2.91. The monoisotopic (exact) mass is 276 g/mol. The number of carbonyl (C=O) groups excluding carboxylic acids is 1. The minimum absolute atomic E-state index is 0.00756. The van der Waals surface area contributed by atoms with Gasteiger partial charge in [0.05, 0.1) is 4.92 Å². The maximum absolute atomic E-state index is 12.6. The number of rotatable bonds is 2. The first-order valence-electron chi connectivity index (χ1n) is 6.99. The fourth-order valence-electron chi connectivity index (χ4n) is 2.91. The van der Waals surface area contributed by atoms with E-state index >= 15 is 0 Å². The zero-order valence-electron chi connectivity index (χ0n) is 12.1. The van der Waals surface area contributed by atoms with Crippen LogP contribution in [0.1, 0.15) is 49.0 Å². The first-order valence-corrected chi connectivity index (χ1v) is 6.99. The van der Waals surface area contributed by atoms with E-state index in [4.69, 9.17) is 0 Å². The van der Waals surface area contributed by atoms with Gasteiger partial charge in [0.25, 0.3) is 11.6 Å². The van der Waals surface area contributed by atoms with Gasteiger partial charge >= 0.3 is 0 Å². The maximum Gasteiger partial charge on any atom is 0.273 e. The third-order valence-corrected chi connectivity index (χ3v) is 4.08. The number of benzene rings is 1. The molecule has 0 spiro atoms. The van der Waals surface area contributed by atoms with Gasteiger partial charge in [-0.05, 0) is 46.1 Å². The van der Waals surface area contributed by atoms with Gasteiger partial charge < -0.3 is 4.90 Å². The summed E-state index contributed by atoms with van der Waals surface area (Å²) in [5.41, 5.74) is 0.988. The van der Waals surface area contributed by atoms with Crippen LogP contribution in [0.25, 0.3) is 0 Å². The van der Waals surface area contributed by atoms with Gasteiger partial charge in [-0.3, -0.25) is 14.9 Å². The van der Waals surface area contributed by atoms with Gasteiger partial charge in [0.15, 0.2) is 0 Å². The molecular formula is C15H20N2O3. The van der Waals surface area contributed by atoms with E-state index < -0.39 is 4.92 Å². The molecule has 1 aliphatic heterocycles. The molecule has 1 aliphatic rings. The van der Waals surface area contributed by atoms with Gasteiger partial charge in [0.1, 0.15) is 0 Å². The van der Waals surface area contributed by atoms with Gasteiger partial charge in [-0.15, -0.1) is 0 Å². The number of nitro benzene ring substituents is 1. The van der Waals surface area contributed by atoms with Gasteiger partial charge in [-0.2, -0.15) is 0 Å². The first-order chi connectivity index (χ1) is 9.41. The van der Waals surface area contributed by atoms with Crippen molar-refractivity contribution in [2.45, 2.75) is 52.1 Å². The summed E-state index contributed by atoms with van der Waals surface area (Å²) in [7, 11) is 0. The predicted octanol–water partition coefficient (Wildman–Crippen LogP) is 3.31. The standard InChI is InChI=1S/C15H20N2O3/c1-10-7-8-13(9-14(10)17(19)20)15(18)16-11(2)5-4-6-12(16)3/h7-9,11-12H,4-6H2,1-3H3/t11-,12-/m0/s1. The summed E-state index contributed by atoms with van der Waals surface area (Å²) in [6, 6.07) is 5.09. The second kappa shape index (κ2) is 5.61. The Balaban J connectivity index is 2.33. The van der Waals surface area contributed by atoms with Gasteiger partial charge in [-0.25, -0.2) is 0 Å². The molecule has 1 heterocycles. The van der Waals surface area contributed by atoms with Crippen molar-refractivity contribution in [3.8, 4) is 0 Å². The Morgan fingerprint density at radius 2 is 1.90 bits per heavy atom. The van der Waals surface area contributed by atoms with Crippen molar-refractivity contribution in [3.05, 3.63) is 39.4 Å². The highest BCUT2D eigenvalue weighted by Crippen LogP contribution is 2.26. The fraction of sp³-hybridized carbons (Fsp3) is 0.533. The molecule has 108 valence electrons. The van der Waals surface area contributed by atoms with Crippen molar-refractivity contribution >= 4 is 11.6 Å². The molecule has 5 heteroatoms. The largest absolute Gasteiger partial charge is 0.333 e. The van der Waals surface area contributed by atoms with Crippen molar-refractivity contribution < 1.29 is 9.72 Å². The van der Waals surface area contributed by atoms with Crippen LogP contribution in [0.2, 0.25) is 0 Å². The number of aryl methyl sites for hydroxylation is 1. The number of amides is 1. The summed E-state index contributed by atoms with van der Waals surface area (Å²) in [4.78, 5) is 25.0. The number of piperidine rings is 1. The quantitative estimate of drug-likeness (QED) is 0.615. The average Bonchev–Trinajstić information content (AvgIpc) is 2.38. The number of carbonyl (C=O) groups is 1. The lowest BCUT2D eigenvalue weighted by Gasteiger charge is -2.39. The van der Waals surface area contributed by atoms with E-state index in [2.05, 4.69) is 0 Å². The third-order valence-electron chi connectivity index (χ3n) is 4.08. The topological polar surface area (TPSA) is 63.5 Å².